The number of pyridine rings is 1. The second-order valence-electron chi connectivity index (χ2n) is 2.72. The van der Waals surface area contributed by atoms with E-state index in [1.807, 2.05) is 12.1 Å². The van der Waals surface area contributed by atoms with Gasteiger partial charge in [0.15, 0.2) is 0 Å². The molecule has 0 N–H and O–H groups in total. The number of nitrogens with zero attached hydrogens (tertiary/aromatic N) is 1. The van der Waals surface area contributed by atoms with Crippen LogP contribution in [0.1, 0.15) is 0 Å². The Morgan fingerprint density at radius 1 is 1.15 bits per heavy atom. The van der Waals surface area contributed by atoms with Crippen molar-refractivity contribution in [1.82, 2.24) is 4.98 Å². The van der Waals surface area contributed by atoms with E-state index in [9.17, 15) is 0 Å². The van der Waals surface area contributed by atoms with Crippen LogP contribution in [0.4, 0.5) is 0 Å². The number of rotatable bonds is 0. The molecule has 1 aromatic carbocycles. The molecule has 0 atom stereocenters. The molecule has 1 heterocycles. The number of hydrogen-bond donors (Lipinski definition) is 0. The lowest BCUT2D eigenvalue weighted by atomic mass is 9.94. The summed E-state index contributed by atoms with van der Waals surface area (Å²) in [4.78, 5) is 3.92. The van der Waals surface area contributed by atoms with Crippen LogP contribution in [0.15, 0.2) is 24.3 Å². The van der Waals surface area contributed by atoms with Gasteiger partial charge in [0.05, 0.1) is 0 Å². The summed E-state index contributed by atoms with van der Waals surface area (Å²) < 4.78 is 0. The lowest BCUT2D eigenvalue weighted by Gasteiger charge is -2.01. The zero-order valence-corrected chi connectivity index (χ0v) is 8.10. The summed E-state index contributed by atoms with van der Waals surface area (Å²) >= 11 is 11.6. The molecule has 0 aliphatic heterocycles. The second kappa shape index (κ2) is 3.20. The van der Waals surface area contributed by atoms with Crippen LogP contribution in [0.3, 0.4) is 0 Å². The summed E-state index contributed by atoms with van der Waals surface area (Å²) in [5, 5.41) is 2.55. The second-order valence-corrected chi connectivity index (χ2v) is 3.46. The molecule has 0 aliphatic rings. The Morgan fingerprint density at radius 2 is 1.92 bits per heavy atom. The highest BCUT2D eigenvalue weighted by Gasteiger charge is 2.01. The van der Waals surface area contributed by atoms with Crippen LogP contribution in [0.25, 0.3) is 10.8 Å². The minimum absolute atomic E-state index is 0.378. The van der Waals surface area contributed by atoms with Crippen LogP contribution in [0.2, 0.25) is 10.3 Å². The Kier molecular flexibility index (Phi) is 2.18. The number of fused-ring (bicyclic) bond motifs is 1. The quantitative estimate of drug-likeness (QED) is 0.478. The normalized spacial score (nSPS) is 10.6. The molecule has 1 nitrogen and oxygen atoms in total. The van der Waals surface area contributed by atoms with E-state index in [2.05, 4.69) is 4.98 Å². The van der Waals surface area contributed by atoms with Gasteiger partial charge in [-0.05, 0) is 11.5 Å². The fraction of sp³-hybridized carbons (Fsp3) is 0. The molecule has 62 valence electrons. The molecular formula is C9H4BCl2N. The summed E-state index contributed by atoms with van der Waals surface area (Å²) in [5.74, 6) is 0. The predicted molar refractivity (Wildman–Crippen MR) is 57.2 cm³/mol. The largest absolute Gasteiger partial charge is 0.224 e. The van der Waals surface area contributed by atoms with E-state index in [4.69, 9.17) is 31.0 Å². The Hall–Kier alpha value is -0.725. The lowest BCUT2D eigenvalue weighted by Crippen LogP contribution is -2.00. The van der Waals surface area contributed by atoms with Crippen molar-refractivity contribution in [2.24, 2.45) is 0 Å². The van der Waals surface area contributed by atoms with E-state index in [-0.39, 0.29) is 0 Å². The van der Waals surface area contributed by atoms with Crippen LogP contribution in [0.5, 0.6) is 0 Å². The molecule has 0 bridgehead atoms. The average molecular weight is 208 g/mol. The summed E-state index contributed by atoms with van der Waals surface area (Å²) in [6.45, 7) is 0. The molecule has 0 fully saturated rings. The van der Waals surface area contributed by atoms with Gasteiger partial charge >= 0.3 is 0 Å². The third kappa shape index (κ3) is 1.65. The van der Waals surface area contributed by atoms with Crippen LogP contribution >= 0.6 is 23.2 Å². The fourth-order valence-corrected chi connectivity index (χ4v) is 1.71. The van der Waals surface area contributed by atoms with E-state index in [0.29, 0.717) is 15.8 Å². The SMILES string of the molecule is [B]c1ccc2c(Cl)nc(Cl)cc2c1. The Labute approximate surface area is 87.1 Å². The van der Waals surface area contributed by atoms with Crippen molar-refractivity contribution in [2.45, 2.75) is 0 Å². The zero-order chi connectivity index (χ0) is 9.42. The Balaban J connectivity index is 2.86. The summed E-state index contributed by atoms with van der Waals surface area (Å²) in [6.07, 6.45) is 0. The third-order valence-electron chi connectivity index (χ3n) is 1.78. The molecule has 2 rings (SSSR count). The molecule has 4 heteroatoms. The van der Waals surface area contributed by atoms with E-state index in [1.165, 1.54) is 0 Å². The Morgan fingerprint density at radius 3 is 2.69 bits per heavy atom. The topological polar surface area (TPSA) is 12.9 Å². The Bertz CT molecular complexity index is 465. The first-order chi connectivity index (χ1) is 6.16. The van der Waals surface area contributed by atoms with Crippen molar-refractivity contribution in [3.05, 3.63) is 34.6 Å². The monoisotopic (exact) mass is 207 g/mol. The van der Waals surface area contributed by atoms with Gasteiger partial charge in [0.1, 0.15) is 18.2 Å². The average Bonchev–Trinajstić information content (AvgIpc) is 2.02. The molecular weight excluding hydrogens is 204 g/mol. The number of aromatic nitrogens is 1. The maximum atomic E-state index is 5.88. The van der Waals surface area contributed by atoms with Crippen LogP contribution < -0.4 is 5.46 Å². The highest BCUT2D eigenvalue weighted by atomic mass is 35.5. The molecule has 0 unspecified atom stereocenters. The fourth-order valence-electron chi connectivity index (χ4n) is 1.20. The number of hydrogen-bond acceptors (Lipinski definition) is 1. The molecule has 2 aromatic rings. The van der Waals surface area contributed by atoms with Crippen molar-refractivity contribution in [2.75, 3.05) is 0 Å². The maximum Gasteiger partial charge on any atom is 0.138 e. The molecule has 0 spiro atoms. The van der Waals surface area contributed by atoms with Crippen molar-refractivity contribution in [3.63, 3.8) is 0 Å². The van der Waals surface area contributed by atoms with E-state index in [1.54, 1.807) is 12.1 Å². The summed E-state index contributed by atoms with van der Waals surface area (Å²) in [7, 11) is 5.62. The van der Waals surface area contributed by atoms with Gasteiger partial charge < -0.3 is 0 Å². The maximum absolute atomic E-state index is 5.88. The van der Waals surface area contributed by atoms with Crippen molar-refractivity contribution < 1.29 is 0 Å². The summed E-state index contributed by atoms with van der Waals surface area (Å²) in [5.41, 5.74) is 0.686. The first-order valence-corrected chi connectivity index (χ1v) is 4.44. The molecule has 0 aliphatic carbocycles. The minimum Gasteiger partial charge on any atom is -0.224 e. The van der Waals surface area contributed by atoms with Crippen LogP contribution in [-0.2, 0) is 0 Å². The molecule has 0 saturated carbocycles. The standard InChI is InChI=1S/C9H4BCl2N/c10-6-1-2-7-5(3-6)4-8(11)13-9(7)12/h1-4H. The van der Waals surface area contributed by atoms with Gasteiger partial charge in [0, 0.05) is 5.39 Å². The smallest absolute Gasteiger partial charge is 0.138 e. The van der Waals surface area contributed by atoms with E-state index < -0.39 is 0 Å². The van der Waals surface area contributed by atoms with Crippen molar-refractivity contribution in [1.29, 1.82) is 0 Å². The van der Waals surface area contributed by atoms with Crippen LogP contribution in [0, 0.1) is 0 Å². The van der Waals surface area contributed by atoms with E-state index in [0.717, 1.165) is 10.8 Å². The van der Waals surface area contributed by atoms with Gasteiger partial charge in [-0.3, -0.25) is 0 Å². The van der Waals surface area contributed by atoms with Gasteiger partial charge in [-0.15, -0.1) is 0 Å². The van der Waals surface area contributed by atoms with Gasteiger partial charge in [-0.25, -0.2) is 4.98 Å². The summed E-state index contributed by atoms with van der Waals surface area (Å²) in [6, 6.07) is 7.16. The van der Waals surface area contributed by atoms with Gasteiger partial charge in [0.25, 0.3) is 0 Å². The van der Waals surface area contributed by atoms with E-state index >= 15 is 0 Å². The van der Waals surface area contributed by atoms with Crippen molar-refractivity contribution >= 4 is 47.3 Å². The van der Waals surface area contributed by atoms with Gasteiger partial charge in [0.2, 0.25) is 0 Å². The lowest BCUT2D eigenvalue weighted by molar-refractivity contribution is 1.36. The predicted octanol–water partition coefficient (Wildman–Crippen LogP) is 2.34. The number of halogens is 2. The molecule has 0 saturated heterocycles. The first kappa shape index (κ1) is 8.85. The third-order valence-corrected chi connectivity index (χ3v) is 2.26. The minimum atomic E-state index is 0.378. The molecule has 0 amide bonds. The highest BCUT2D eigenvalue weighted by molar-refractivity contribution is 6.37. The molecule has 2 radical (unpaired) electrons. The molecule has 13 heavy (non-hydrogen) atoms. The zero-order valence-electron chi connectivity index (χ0n) is 6.59. The highest BCUT2D eigenvalue weighted by Crippen LogP contribution is 2.23. The van der Waals surface area contributed by atoms with Crippen LogP contribution in [-0.4, -0.2) is 12.8 Å². The van der Waals surface area contributed by atoms with Gasteiger partial charge in [-0.2, -0.15) is 0 Å². The van der Waals surface area contributed by atoms with Crippen molar-refractivity contribution in [3.8, 4) is 0 Å². The van der Waals surface area contributed by atoms with Gasteiger partial charge in [-0.1, -0.05) is 46.9 Å². The number of benzene rings is 1. The molecule has 1 aromatic heterocycles. The first-order valence-electron chi connectivity index (χ1n) is 3.68.